The van der Waals surface area contributed by atoms with Gasteiger partial charge in [0.1, 0.15) is 5.75 Å². The molecule has 1 heterocycles. The van der Waals surface area contributed by atoms with Gasteiger partial charge in [0.05, 0.1) is 14.2 Å². The van der Waals surface area contributed by atoms with Crippen LogP contribution in [0.5, 0.6) is 17.2 Å². The number of alkyl halides is 2. The van der Waals surface area contributed by atoms with Gasteiger partial charge in [0, 0.05) is 15.6 Å². The van der Waals surface area contributed by atoms with Crippen LogP contribution in [0.1, 0.15) is 11.1 Å². The van der Waals surface area contributed by atoms with Crippen molar-refractivity contribution in [3.8, 4) is 17.2 Å². The summed E-state index contributed by atoms with van der Waals surface area (Å²) < 4.78 is 45.6. The molecule has 6 nitrogen and oxygen atoms in total. The molecule has 28 heavy (non-hydrogen) atoms. The molecule has 1 aliphatic rings. The molecule has 2 aromatic rings. The van der Waals surface area contributed by atoms with E-state index >= 15 is 0 Å². The molecule has 0 saturated carbocycles. The van der Waals surface area contributed by atoms with Crippen molar-refractivity contribution in [2.45, 2.75) is 6.61 Å². The zero-order valence-electron chi connectivity index (χ0n) is 14.7. The van der Waals surface area contributed by atoms with E-state index < -0.39 is 12.6 Å². The first-order chi connectivity index (χ1) is 13.4. The number of carbonyl (C=O) groups excluding carboxylic acids is 1. The monoisotopic (exact) mass is 453 g/mol. The molecule has 1 aliphatic heterocycles. The first-order valence-electron chi connectivity index (χ1n) is 7.90. The zero-order chi connectivity index (χ0) is 20.3. The van der Waals surface area contributed by atoms with E-state index in [4.69, 9.17) is 14.2 Å². The van der Waals surface area contributed by atoms with Gasteiger partial charge in [0.25, 0.3) is 0 Å². The number of hydrogen-bond donors (Lipinski definition) is 0. The molecule has 0 aromatic heterocycles. The molecule has 0 atom stereocenters. The number of methoxy groups -OCH3 is 2. The van der Waals surface area contributed by atoms with Crippen LogP contribution in [0.3, 0.4) is 0 Å². The van der Waals surface area contributed by atoms with Gasteiger partial charge in [-0.3, -0.25) is 0 Å². The van der Waals surface area contributed by atoms with Crippen LogP contribution < -0.4 is 14.2 Å². The zero-order valence-corrected chi connectivity index (χ0v) is 16.3. The Kier molecular flexibility index (Phi) is 5.93. The summed E-state index contributed by atoms with van der Waals surface area (Å²) in [6.07, 6.45) is 1.53. The van der Waals surface area contributed by atoms with Crippen LogP contribution in [0, 0.1) is 0 Å². The third-order valence-electron chi connectivity index (χ3n) is 3.73. The summed E-state index contributed by atoms with van der Waals surface area (Å²) in [6, 6.07) is 9.44. The molecule has 0 aliphatic carbocycles. The Bertz CT molecular complexity index is 975. The summed E-state index contributed by atoms with van der Waals surface area (Å²) in [5, 5.41) is 0. The van der Waals surface area contributed by atoms with Crippen molar-refractivity contribution >= 4 is 33.9 Å². The van der Waals surface area contributed by atoms with Crippen molar-refractivity contribution in [2.75, 3.05) is 14.2 Å². The van der Waals surface area contributed by atoms with Crippen LogP contribution >= 0.6 is 15.9 Å². The predicted octanol–water partition coefficient (Wildman–Crippen LogP) is 4.41. The lowest BCUT2D eigenvalue weighted by atomic mass is 10.1. The summed E-state index contributed by atoms with van der Waals surface area (Å²) in [5.41, 5.74) is 1.07. The Morgan fingerprint density at radius 2 is 1.79 bits per heavy atom. The van der Waals surface area contributed by atoms with Crippen molar-refractivity contribution in [3.63, 3.8) is 0 Å². The number of ether oxygens (including phenoxy) is 4. The topological polar surface area (TPSA) is 66.3 Å². The van der Waals surface area contributed by atoms with E-state index in [0.717, 1.165) is 4.47 Å². The second-order valence-electron chi connectivity index (χ2n) is 5.47. The third-order valence-corrected chi connectivity index (χ3v) is 4.22. The second-order valence-corrected chi connectivity index (χ2v) is 6.38. The Morgan fingerprint density at radius 3 is 2.46 bits per heavy atom. The van der Waals surface area contributed by atoms with Crippen molar-refractivity contribution in [2.24, 2.45) is 4.99 Å². The van der Waals surface area contributed by atoms with Gasteiger partial charge in [0.2, 0.25) is 5.90 Å². The van der Waals surface area contributed by atoms with E-state index in [9.17, 15) is 13.6 Å². The molecule has 0 saturated heterocycles. The fourth-order valence-electron chi connectivity index (χ4n) is 2.49. The molecule has 0 unspecified atom stereocenters. The fourth-order valence-corrected chi connectivity index (χ4v) is 2.87. The van der Waals surface area contributed by atoms with Crippen LogP contribution in [0.2, 0.25) is 0 Å². The van der Waals surface area contributed by atoms with E-state index in [1.54, 1.807) is 18.2 Å². The molecule has 0 amide bonds. The fraction of sp³-hybridized carbons (Fsp3) is 0.158. The van der Waals surface area contributed by atoms with Crippen molar-refractivity contribution < 1.29 is 32.5 Å². The molecular weight excluding hydrogens is 440 g/mol. The molecule has 9 heteroatoms. The molecular formula is C19H14BrF2NO5. The largest absolute Gasteiger partial charge is 0.496 e. The Labute approximate surface area is 167 Å². The van der Waals surface area contributed by atoms with Gasteiger partial charge in [-0.2, -0.15) is 8.78 Å². The molecule has 0 bridgehead atoms. The number of nitrogens with zero attached hydrogens (tertiary/aromatic N) is 1. The number of hydrogen-bond acceptors (Lipinski definition) is 6. The molecule has 146 valence electrons. The highest BCUT2D eigenvalue weighted by Crippen LogP contribution is 2.32. The minimum absolute atomic E-state index is 0.0205. The lowest BCUT2D eigenvalue weighted by Crippen LogP contribution is -2.07. The van der Waals surface area contributed by atoms with Gasteiger partial charge < -0.3 is 18.9 Å². The smallest absolute Gasteiger partial charge is 0.387 e. The normalized spacial score (nSPS) is 14.9. The average molecular weight is 454 g/mol. The highest BCUT2D eigenvalue weighted by Gasteiger charge is 2.25. The van der Waals surface area contributed by atoms with E-state index in [1.807, 2.05) is 0 Å². The van der Waals surface area contributed by atoms with Gasteiger partial charge in [-0.25, -0.2) is 9.79 Å². The van der Waals surface area contributed by atoms with Crippen molar-refractivity contribution in [1.29, 1.82) is 0 Å². The Hall–Kier alpha value is -2.94. The minimum Gasteiger partial charge on any atom is -0.496 e. The number of aliphatic imine (C=N–C) groups is 1. The number of halogens is 3. The lowest BCUT2D eigenvalue weighted by molar-refractivity contribution is -0.129. The van der Waals surface area contributed by atoms with E-state index in [2.05, 4.69) is 25.7 Å². The van der Waals surface area contributed by atoms with E-state index in [0.29, 0.717) is 16.9 Å². The second kappa shape index (κ2) is 8.39. The molecule has 0 N–H and O–H groups in total. The first-order valence-corrected chi connectivity index (χ1v) is 8.70. The molecule has 2 aromatic carbocycles. The van der Waals surface area contributed by atoms with Crippen LogP contribution in [-0.2, 0) is 9.53 Å². The molecule has 0 radical (unpaired) electrons. The highest BCUT2D eigenvalue weighted by atomic mass is 79.9. The number of esters is 1. The maximum atomic E-state index is 12.4. The highest BCUT2D eigenvalue weighted by molar-refractivity contribution is 9.10. The summed E-state index contributed by atoms with van der Waals surface area (Å²) in [7, 11) is 2.83. The van der Waals surface area contributed by atoms with Gasteiger partial charge in [-0.1, -0.05) is 15.9 Å². The molecule has 3 rings (SSSR count). The summed E-state index contributed by atoms with van der Waals surface area (Å²) in [6.45, 7) is -2.99. The quantitative estimate of drug-likeness (QED) is 0.478. The summed E-state index contributed by atoms with van der Waals surface area (Å²) in [4.78, 5) is 16.4. The summed E-state index contributed by atoms with van der Waals surface area (Å²) in [5.74, 6) is -0.151. The average Bonchev–Trinajstić information content (AvgIpc) is 3.02. The minimum atomic E-state index is -2.99. The third kappa shape index (κ3) is 4.30. The number of carbonyl (C=O) groups is 1. The van der Waals surface area contributed by atoms with E-state index in [1.165, 1.54) is 38.5 Å². The Morgan fingerprint density at radius 1 is 1.07 bits per heavy atom. The van der Waals surface area contributed by atoms with Crippen molar-refractivity contribution in [3.05, 3.63) is 57.7 Å². The maximum absolute atomic E-state index is 12.4. The number of benzene rings is 2. The number of cyclic esters (lactones) is 1. The van der Waals surface area contributed by atoms with Crippen LogP contribution in [0.15, 0.2) is 51.6 Å². The van der Waals surface area contributed by atoms with Crippen molar-refractivity contribution in [1.82, 2.24) is 0 Å². The number of rotatable bonds is 6. The molecule has 0 fully saturated rings. The Balaban J connectivity index is 1.95. The van der Waals surface area contributed by atoms with Gasteiger partial charge in [-0.05, 0) is 42.5 Å². The van der Waals surface area contributed by atoms with Gasteiger partial charge >= 0.3 is 12.6 Å². The standard InChI is InChI=1S/C19H14BrF2NO5/c1-25-14-6-4-12(20)7-11(14)8-13-18(24)28-17(23-13)10-3-5-15(27-19(21)22)16(9-10)26-2/h3-9,19H,1-2H3/b13-8-. The van der Waals surface area contributed by atoms with Crippen LogP contribution in [-0.4, -0.2) is 32.7 Å². The molecule has 0 spiro atoms. The summed E-state index contributed by atoms with van der Waals surface area (Å²) >= 11 is 3.36. The van der Waals surface area contributed by atoms with Crippen LogP contribution in [0.25, 0.3) is 6.08 Å². The van der Waals surface area contributed by atoms with Crippen LogP contribution in [0.4, 0.5) is 8.78 Å². The first kappa shape index (κ1) is 19.8. The predicted molar refractivity (Wildman–Crippen MR) is 101 cm³/mol. The maximum Gasteiger partial charge on any atom is 0.387 e. The van der Waals surface area contributed by atoms with Gasteiger partial charge in [-0.15, -0.1) is 0 Å². The lowest BCUT2D eigenvalue weighted by Gasteiger charge is -2.10. The van der Waals surface area contributed by atoms with E-state index in [-0.39, 0.29) is 23.1 Å². The van der Waals surface area contributed by atoms with Gasteiger partial charge in [0.15, 0.2) is 17.2 Å². The SMILES string of the molecule is COc1ccc(Br)cc1/C=C1\N=C(c2ccc(OC(F)F)c(OC)c2)OC1=O.